The second-order valence-electron chi connectivity index (χ2n) is 27.1. The number of para-hydroxylation sites is 12. The molecular formula is C81H42N36. The van der Waals surface area contributed by atoms with E-state index < -0.39 is 0 Å². The summed E-state index contributed by atoms with van der Waals surface area (Å²) in [5, 5.41) is 0. The lowest BCUT2D eigenvalue weighted by molar-refractivity contribution is 1.01. The SMILES string of the molecule is c1ccc2c(c1)nc1n2c2nc3ccccc3n2c2nc3ccccc3n12.c1ccc2nc3c(nc2c1)c1nc2ccccc2nc1c1nc2ccccc2nc31.c1cnc2c(n1)c1nccnc1c1nccnc21.c1nc2c3nc[nH]c3c3[nH]cnc3c2[nH]1.c1nc2nc3c4nc5ncnc5nc4c4[nH]c5[nH]cnc5[nH]c4c3nc2n1. The maximum absolute atomic E-state index is 4.92. The number of H-pyrrole nitrogens is 6. The highest BCUT2D eigenvalue weighted by atomic mass is 15.3. The van der Waals surface area contributed by atoms with E-state index in [9.17, 15) is 0 Å². The highest BCUT2D eigenvalue weighted by Gasteiger charge is 2.25. The van der Waals surface area contributed by atoms with Gasteiger partial charge in [-0.1, -0.05) is 72.8 Å². The second-order valence-corrected chi connectivity index (χ2v) is 27.1. The van der Waals surface area contributed by atoms with Gasteiger partial charge < -0.3 is 29.9 Å². The number of nitrogens with one attached hydrogen (secondary N) is 6. The molecule has 0 saturated heterocycles. The lowest BCUT2D eigenvalue weighted by Crippen LogP contribution is -2.03. The predicted molar refractivity (Wildman–Crippen MR) is 439 cm³/mol. The first-order chi connectivity index (χ1) is 58.0. The molecule has 10 aromatic carbocycles. The van der Waals surface area contributed by atoms with E-state index in [1.165, 1.54) is 12.7 Å². The van der Waals surface area contributed by atoms with Gasteiger partial charge in [0, 0.05) is 37.2 Å². The number of aromatic amines is 6. The molecule has 36 heteroatoms. The molecule has 29 rings (SSSR count). The molecule has 19 aromatic heterocycles. The summed E-state index contributed by atoms with van der Waals surface area (Å²) in [6.45, 7) is 0. The van der Waals surface area contributed by atoms with Crippen molar-refractivity contribution in [3.05, 3.63) is 221 Å². The Hall–Kier alpha value is -17.7. The van der Waals surface area contributed by atoms with Crippen molar-refractivity contribution in [2.75, 3.05) is 0 Å². The van der Waals surface area contributed by atoms with Crippen molar-refractivity contribution in [2.45, 2.75) is 0 Å². The summed E-state index contributed by atoms with van der Waals surface area (Å²) >= 11 is 0. The van der Waals surface area contributed by atoms with Crippen molar-refractivity contribution in [3.8, 4) is 0 Å². The first-order valence-electron chi connectivity index (χ1n) is 36.4. The number of fused-ring (bicyclic) bond motifs is 42. The van der Waals surface area contributed by atoms with Crippen molar-refractivity contribution in [2.24, 2.45) is 0 Å². The summed E-state index contributed by atoms with van der Waals surface area (Å²) in [5.41, 5.74) is 31.5. The van der Waals surface area contributed by atoms with E-state index in [1.54, 1.807) is 62.5 Å². The van der Waals surface area contributed by atoms with Crippen LogP contribution >= 0.6 is 0 Å². The summed E-state index contributed by atoms with van der Waals surface area (Å²) in [7, 11) is 0. The number of rotatable bonds is 0. The zero-order chi connectivity index (χ0) is 76.5. The van der Waals surface area contributed by atoms with E-state index in [4.69, 9.17) is 44.9 Å². The molecule has 117 heavy (non-hydrogen) atoms. The third kappa shape index (κ3) is 9.52. The average molecular weight is 1520 g/mol. The Morgan fingerprint density at radius 1 is 0.197 bits per heavy atom. The summed E-state index contributed by atoms with van der Waals surface area (Å²) in [6, 6.07) is 48.0. The Bertz CT molecular complexity index is 7890. The van der Waals surface area contributed by atoms with Gasteiger partial charge in [0.05, 0.1) is 119 Å². The van der Waals surface area contributed by atoms with Gasteiger partial charge in [0.1, 0.15) is 117 Å². The van der Waals surface area contributed by atoms with Crippen molar-refractivity contribution in [1.82, 2.24) is 178 Å². The normalized spacial score (nSPS) is 12.1. The van der Waals surface area contributed by atoms with Crippen LogP contribution in [0, 0.1) is 0 Å². The van der Waals surface area contributed by atoms with Gasteiger partial charge in [-0.05, 0) is 72.8 Å². The smallest absolute Gasteiger partial charge is 0.225 e. The molecule has 0 radical (unpaired) electrons. The van der Waals surface area contributed by atoms with Crippen LogP contribution in [0.2, 0.25) is 0 Å². The quantitative estimate of drug-likeness (QED) is 0.0606. The third-order valence-corrected chi connectivity index (χ3v) is 20.5. The van der Waals surface area contributed by atoms with Crippen molar-refractivity contribution in [3.63, 3.8) is 0 Å². The minimum absolute atomic E-state index is 0.448. The predicted octanol–water partition coefficient (Wildman–Crippen LogP) is 13.0. The Morgan fingerprint density at radius 2 is 0.479 bits per heavy atom. The Labute approximate surface area is 645 Å². The monoisotopic (exact) mass is 1520 g/mol. The van der Waals surface area contributed by atoms with E-state index >= 15 is 0 Å². The molecule has 0 atom stereocenters. The number of hydrogen-bond donors (Lipinski definition) is 6. The van der Waals surface area contributed by atoms with Gasteiger partial charge in [0.15, 0.2) is 33.9 Å². The van der Waals surface area contributed by atoms with Crippen LogP contribution in [-0.4, -0.2) is 178 Å². The number of hydrogen-bond acceptors (Lipinski definition) is 27. The maximum atomic E-state index is 4.92. The van der Waals surface area contributed by atoms with Gasteiger partial charge >= 0.3 is 0 Å². The molecule has 36 nitrogen and oxygen atoms in total. The zero-order valence-electron chi connectivity index (χ0n) is 59.7. The molecule has 0 aliphatic heterocycles. The van der Waals surface area contributed by atoms with Crippen LogP contribution in [0.15, 0.2) is 221 Å². The molecule has 546 valence electrons. The first kappa shape index (κ1) is 63.1. The molecule has 6 N–H and O–H groups in total. The molecule has 0 unspecified atom stereocenters. The lowest BCUT2D eigenvalue weighted by Gasteiger charge is -2.10. The Morgan fingerprint density at radius 3 is 0.846 bits per heavy atom. The molecule has 0 spiro atoms. The third-order valence-electron chi connectivity index (χ3n) is 20.5. The van der Waals surface area contributed by atoms with Gasteiger partial charge in [-0.2, -0.15) is 0 Å². The van der Waals surface area contributed by atoms with Crippen LogP contribution in [0.1, 0.15) is 0 Å². The second kappa shape index (κ2) is 24.4. The summed E-state index contributed by atoms with van der Waals surface area (Å²) in [6.07, 6.45) is 19.3. The maximum Gasteiger partial charge on any atom is 0.225 e. The molecule has 0 saturated carbocycles. The van der Waals surface area contributed by atoms with Crippen molar-refractivity contribution in [1.29, 1.82) is 0 Å². The minimum atomic E-state index is 0.448. The molecule has 0 aliphatic carbocycles. The van der Waals surface area contributed by atoms with E-state index in [2.05, 4.69) is 151 Å². The van der Waals surface area contributed by atoms with Crippen molar-refractivity contribution >= 4 is 250 Å². The highest BCUT2D eigenvalue weighted by Crippen LogP contribution is 2.37. The topological polar surface area (TPSA) is 456 Å². The summed E-state index contributed by atoms with van der Waals surface area (Å²) < 4.78 is 6.36. The summed E-state index contributed by atoms with van der Waals surface area (Å²) in [4.78, 5) is 141. The largest absolute Gasteiger partial charge is 0.343 e. The number of imidazole rings is 9. The molecule has 0 amide bonds. The molecule has 19 heterocycles. The molecule has 0 fully saturated rings. The number of nitrogens with zero attached hydrogens (tertiary/aromatic N) is 30. The van der Waals surface area contributed by atoms with Crippen LogP contribution < -0.4 is 0 Å². The fourth-order valence-corrected chi connectivity index (χ4v) is 15.5. The molecule has 0 bridgehead atoms. The van der Waals surface area contributed by atoms with Gasteiger partial charge in [-0.15, -0.1) is 0 Å². The van der Waals surface area contributed by atoms with Crippen LogP contribution in [-0.2, 0) is 0 Å². The van der Waals surface area contributed by atoms with Gasteiger partial charge in [0.2, 0.25) is 17.3 Å². The van der Waals surface area contributed by atoms with E-state index in [0.29, 0.717) is 128 Å². The highest BCUT2D eigenvalue weighted by molar-refractivity contribution is 6.23. The van der Waals surface area contributed by atoms with Crippen LogP contribution in [0.5, 0.6) is 0 Å². The average Bonchev–Trinajstić information content (AvgIpc) is 1.49. The lowest BCUT2D eigenvalue weighted by atomic mass is 10.1. The number of aromatic nitrogens is 36. The standard InChI is InChI=1S/C24H12N6.C21H12N6.C15H6N12.C12H6N6.C9H6N6/c1-2-8-14-13(7-1)25-19-20(26-14)22-24(30-18-12-6-5-11-17(18)28-22)23-21(19)27-15-9-3-4-10-16(15)29-23;1-4-10-16-13(7-1)22-19-25(16)20-23-15-9-3-6-12-18(15)27(20)21-24-14-8-2-5-11-17(14)26(19)21;1-16-10-11(17-1)23-5-4(22-10)6-8(26-14-12(24-6)18-2-20-14)9-7(5)25-13-15(27-9)21-3-19-13;1-2-14-8-7(13-1)9-11(17-4-3-15-9)12-10(8)16-5-6-18-12;1-10-4-5(11-1)7-9(15-3-13-7)8-6(4)12-2-14-8/h1-12H;1-12H;1-3,22-23H,(H,16,17);1-6H;1-3H,(H,10,11)(H,12,14)(H,13,15). The van der Waals surface area contributed by atoms with Crippen LogP contribution in [0.4, 0.5) is 0 Å². The first-order valence-corrected chi connectivity index (χ1v) is 36.4. The minimum Gasteiger partial charge on any atom is -0.343 e. The van der Waals surface area contributed by atoms with Crippen molar-refractivity contribution < 1.29 is 0 Å². The van der Waals surface area contributed by atoms with Gasteiger partial charge in [-0.25, -0.2) is 118 Å². The molecular weight excluding hydrogens is 1480 g/mol. The van der Waals surface area contributed by atoms with E-state index in [0.717, 1.165) is 122 Å². The summed E-state index contributed by atoms with van der Waals surface area (Å²) in [5.74, 6) is 2.47. The fourth-order valence-electron chi connectivity index (χ4n) is 15.5. The van der Waals surface area contributed by atoms with Gasteiger partial charge in [0.25, 0.3) is 0 Å². The molecule has 29 aromatic rings. The Kier molecular flexibility index (Phi) is 13.1. The fraction of sp³-hybridized carbons (Fsp3) is 0. The molecule has 0 aliphatic rings. The van der Waals surface area contributed by atoms with E-state index in [-0.39, 0.29) is 0 Å². The van der Waals surface area contributed by atoms with Crippen LogP contribution in [0.25, 0.3) is 250 Å². The Balaban J connectivity index is 0.0000000833. The number of benzene rings is 10. The van der Waals surface area contributed by atoms with Crippen LogP contribution in [0.3, 0.4) is 0 Å². The van der Waals surface area contributed by atoms with Gasteiger partial charge in [-0.3, -0.25) is 29.9 Å². The van der Waals surface area contributed by atoms with E-state index in [1.807, 2.05) is 127 Å². The zero-order valence-corrected chi connectivity index (χ0v) is 59.7.